The molecule has 0 spiro atoms. The van der Waals surface area contributed by atoms with Gasteiger partial charge in [0.1, 0.15) is 0 Å². The number of ketones is 1. The Morgan fingerprint density at radius 2 is 2.00 bits per heavy atom. The molecule has 0 N–H and O–H groups in total. The minimum absolute atomic E-state index is 0.121. The molecule has 0 bridgehead atoms. The summed E-state index contributed by atoms with van der Waals surface area (Å²) in [5.41, 5.74) is 1.29. The van der Waals surface area contributed by atoms with E-state index in [1.165, 1.54) is 10.5 Å². The highest BCUT2D eigenvalue weighted by Gasteiger charge is 1.92. The van der Waals surface area contributed by atoms with Crippen molar-refractivity contribution < 1.29 is 4.79 Å². The molecule has 0 radical (unpaired) electrons. The van der Waals surface area contributed by atoms with Crippen LogP contribution in [0.4, 0.5) is 0 Å². The molecule has 0 aliphatic heterocycles. The van der Waals surface area contributed by atoms with E-state index in [0.717, 1.165) is 12.2 Å². The van der Waals surface area contributed by atoms with Crippen LogP contribution in [0.25, 0.3) is 0 Å². The Balaban J connectivity index is 2.26. The quantitative estimate of drug-likeness (QED) is 0.428. The Labute approximate surface area is 95.6 Å². The number of allylic oxidation sites excluding steroid dienone is 2. The highest BCUT2D eigenvalue weighted by Crippen LogP contribution is 2.18. The number of carbonyl (C=O) groups is 1. The first-order valence-electron chi connectivity index (χ1n) is 5.05. The van der Waals surface area contributed by atoms with Crippen LogP contribution in [-0.2, 0) is 4.79 Å². The first-order valence-corrected chi connectivity index (χ1v) is 6.03. The summed E-state index contributed by atoms with van der Waals surface area (Å²) in [4.78, 5) is 11.9. The molecule has 1 aromatic rings. The zero-order chi connectivity index (χ0) is 11.1. The van der Waals surface area contributed by atoms with Crippen LogP contribution in [-0.4, -0.2) is 11.5 Å². The normalized spacial score (nSPS) is 10.8. The fourth-order valence-electron chi connectivity index (χ4n) is 1.13. The van der Waals surface area contributed by atoms with E-state index >= 15 is 0 Å². The summed E-state index contributed by atoms with van der Waals surface area (Å²) < 4.78 is 0. The van der Waals surface area contributed by atoms with Gasteiger partial charge in [-0.2, -0.15) is 0 Å². The Morgan fingerprint density at radius 3 is 2.60 bits per heavy atom. The summed E-state index contributed by atoms with van der Waals surface area (Å²) in [6, 6.07) is 8.50. The lowest BCUT2D eigenvalue weighted by Gasteiger charge is -1.99. The van der Waals surface area contributed by atoms with Crippen LogP contribution in [0.1, 0.15) is 18.9 Å². The van der Waals surface area contributed by atoms with E-state index in [0.29, 0.717) is 0 Å². The van der Waals surface area contributed by atoms with Gasteiger partial charge in [-0.3, -0.25) is 4.79 Å². The van der Waals surface area contributed by atoms with Gasteiger partial charge >= 0.3 is 0 Å². The molecule has 1 aromatic carbocycles. The second kappa shape index (κ2) is 6.46. The van der Waals surface area contributed by atoms with E-state index in [4.69, 9.17) is 0 Å². The molecule has 0 amide bonds. The Hall–Kier alpha value is -1.02. The van der Waals surface area contributed by atoms with Gasteiger partial charge in [-0.05, 0) is 38.5 Å². The van der Waals surface area contributed by atoms with E-state index in [9.17, 15) is 4.79 Å². The average Bonchev–Trinajstić information content (AvgIpc) is 2.20. The van der Waals surface area contributed by atoms with Gasteiger partial charge in [-0.15, -0.1) is 11.8 Å². The topological polar surface area (TPSA) is 17.1 Å². The Kier molecular flexibility index (Phi) is 5.19. The smallest absolute Gasteiger partial charge is 0.152 e. The molecule has 0 aliphatic rings. The number of rotatable bonds is 5. The molecule has 0 fully saturated rings. The fourth-order valence-corrected chi connectivity index (χ4v) is 1.95. The molecule has 2 heteroatoms. The molecule has 1 rings (SSSR count). The summed E-state index contributed by atoms with van der Waals surface area (Å²) in [6.07, 6.45) is 4.51. The lowest BCUT2D eigenvalue weighted by molar-refractivity contribution is -0.112. The van der Waals surface area contributed by atoms with Crippen molar-refractivity contribution in [2.24, 2.45) is 0 Å². The molecule has 0 aromatic heterocycles. The zero-order valence-corrected chi connectivity index (χ0v) is 10.0. The third-order valence-corrected chi connectivity index (χ3v) is 2.97. The molecule has 0 atom stereocenters. The molecule has 80 valence electrons. The Bertz CT molecular complexity index is 338. The van der Waals surface area contributed by atoms with Crippen LogP contribution in [0.15, 0.2) is 41.3 Å². The van der Waals surface area contributed by atoms with Crippen molar-refractivity contribution in [3.63, 3.8) is 0 Å². The van der Waals surface area contributed by atoms with E-state index in [1.54, 1.807) is 13.0 Å². The first kappa shape index (κ1) is 12.1. The van der Waals surface area contributed by atoms with Crippen molar-refractivity contribution in [1.82, 2.24) is 0 Å². The maximum Gasteiger partial charge on any atom is 0.152 e. The predicted octanol–water partition coefficient (Wildman–Crippen LogP) is 3.62. The molecule has 15 heavy (non-hydrogen) atoms. The van der Waals surface area contributed by atoms with Gasteiger partial charge in [0.25, 0.3) is 0 Å². The lowest BCUT2D eigenvalue weighted by atomic mass is 10.2. The molecular formula is C13H16OS. The van der Waals surface area contributed by atoms with Crippen molar-refractivity contribution in [2.45, 2.75) is 25.2 Å². The third kappa shape index (κ3) is 5.43. The number of hydrogen-bond acceptors (Lipinski definition) is 2. The molecule has 0 saturated heterocycles. The van der Waals surface area contributed by atoms with Crippen LogP contribution in [0, 0.1) is 6.92 Å². The summed E-state index contributed by atoms with van der Waals surface area (Å²) in [5, 5.41) is 0. The van der Waals surface area contributed by atoms with Crippen molar-refractivity contribution in [2.75, 3.05) is 5.75 Å². The van der Waals surface area contributed by atoms with Crippen LogP contribution in [0.2, 0.25) is 0 Å². The van der Waals surface area contributed by atoms with Crippen LogP contribution in [0.5, 0.6) is 0 Å². The number of hydrogen-bond donors (Lipinski definition) is 0. The van der Waals surface area contributed by atoms with E-state index in [-0.39, 0.29) is 5.78 Å². The molecule has 0 saturated carbocycles. The van der Waals surface area contributed by atoms with E-state index < -0.39 is 0 Å². The molecular weight excluding hydrogens is 204 g/mol. The van der Waals surface area contributed by atoms with Gasteiger partial charge in [-0.1, -0.05) is 23.8 Å². The highest BCUT2D eigenvalue weighted by atomic mass is 32.2. The summed E-state index contributed by atoms with van der Waals surface area (Å²) in [5.74, 6) is 1.14. The summed E-state index contributed by atoms with van der Waals surface area (Å²) in [6.45, 7) is 3.66. The molecule has 0 unspecified atom stereocenters. The maximum atomic E-state index is 10.6. The second-order valence-electron chi connectivity index (χ2n) is 3.46. The minimum Gasteiger partial charge on any atom is -0.295 e. The summed E-state index contributed by atoms with van der Waals surface area (Å²) in [7, 11) is 0. The van der Waals surface area contributed by atoms with Gasteiger partial charge in [0.15, 0.2) is 5.78 Å². The summed E-state index contributed by atoms with van der Waals surface area (Å²) >= 11 is 1.82. The van der Waals surface area contributed by atoms with Crippen LogP contribution >= 0.6 is 11.8 Å². The van der Waals surface area contributed by atoms with E-state index in [1.807, 2.05) is 17.8 Å². The van der Waals surface area contributed by atoms with Gasteiger partial charge < -0.3 is 0 Å². The lowest BCUT2D eigenvalue weighted by Crippen LogP contribution is -1.81. The van der Waals surface area contributed by atoms with Crippen LogP contribution < -0.4 is 0 Å². The maximum absolute atomic E-state index is 10.6. The standard InChI is InChI=1S/C13H16OS/c1-11-6-8-13(9-7-11)15-10-4-3-5-12(2)14/h3,5-9H,4,10H2,1-2H3. The fraction of sp³-hybridized carbons (Fsp3) is 0.308. The number of carbonyl (C=O) groups excluding carboxylic acids is 1. The monoisotopic (exact) mass is 220 g/mol. The van der Waals surface area contributed by atoms with Gasteiger partial charge in [-0.25, -0.2) is 0 Å². The van der Waals surface area contributed by atoms with Crippen LogP contribution in [0.3, 0.4) is 0 Å². The van der Waals surface area contributed by atoms with E-state index in [2.05, 4.69) is 31.2 Å². The minimum atomic E-state index is 0.121. The largest absolute Gasteiger partial charge is 0.295 e. The zero-order valence-electron chi connectivity index (χ0n) is 9.19. The molecule has 0 heterocycles. The van der Waals surface area contributed by atoms with Gasteiger partial charge in [0.2, 0.25) is 0 Å². The van der Waals surface area contributed by atoms with Crippen molar-refractivity contribution in [3.8, 4) is 0 Å². The third-order valence-electron chi connectivity index (χ3n) is 1.93. The van der Waals surface area contributed by atoms with Crippen molar-refractivity contribution in [1.29, 1.82) is 0 Å². The number of thioether (sulfide) groups is 1. The van der Waals surface area contributed by atoms with Gasteiger partial charge in [0.05, 0.1) is 0 Å². The average molecular weight is 220 g/mol. The van der Waals surface area contributed by atoms with Gasteiger partial charge in [0, 0.05) is 10.6 Å². The molecule has 0 aliphatic carbocycles. The first-order chi connectivity index (χ1) is 7.18. The van der Waals surface area contributed by atoms with Crippen molar-refractivity contribution in [3.05, 3.63) is 42.0 Å². The Morgan fingerprint density at radius 1 is 1.33 bits per heavy atom. The number of benzene rings is 1. The second-order valence-corrected chi connectivity index (χ2v) is 4.63. The molecule has 1 nitrogen and oxygen atoms in total. The SMILES string of the molecule is CC(=O)C=CCCSc1ccc(C)cc1. The number of aryl methyl sites for hydroxylation is 1. The highest BCUT2D eigenvalue weighted by molar-refractivity contribution is 7.99. The predicted molar refractivity (Wildman–Crippen MR) is 66.3 cm³/mol. The van der Waals surface area contributed by atoms with Crippen molar-refractivity contribution >= 4 is 17.5 Å².